The molecule has 0 spiro atoms. The van der Waals surface area contributed by atoms with Crippen molar-refractivity contribution in [3.63, 3.8) is 0 Å². The second kappa shape index (κ2) is 9.28. The normalized spacial score (nSPS) is 16.6. The number of nitrogens with zero attached hydrogens (tertiary/aromatic N) is 2. The Labute approximate surface area is 137 Å². The lowest BCUT2D eigenvalue weighted by Gasteiger charge is -2.32. The van der Waals surface area contributed by atoms with Gasteiger partial charge in [0.1, 0.15) is 0 Å². The van der Waals surface area contributed by atoms with Crippen molar-refractivity contribution in [2.24, 2.45) is 0 Å². The third kappa shape index (κ3) is 6.07. The molecule has 1 heterocycles. The van der Waals surface area contributed by atoms with E-state index in [4.69, 9.17) is 23.2 Å². The highest BCUT2D eigenvalue weighted by atomic mass is 35.5. The van der Waals surface area contributed by atoms with Crippen LogP contribution in [-0.2, 0) is 6.42 Å². The molecule has 0 unspecified atom stereocenters. The second-order valence-corrected chi connectivity index (χ2v) is 5.46. The van der Waals surface area contributed by atoms with Crippen LogP contribution in [0.1, 0.15) is 5.56 Å². The highest BCUT2D eigenvalue weighted by Crippen LogP contribution is 2.22. The number of rotatable bonds is 3. The predicted octanol–water partition coefficient (Wildman–Crippen LogP) is 3.63. The van der Waals surface area contributed by atoms with Crippen molar-refractivity contribution in [1.82, 2.24) is 9.80 Å². The molecule has 1 fully saturated rings. The van der Waals surface area contributed by atoms with Gasteiger partial charge in [0.25, 0.3) is 0 Å². The maximum atomic E-state index is 6.00. The summed E-state index contributed by atoms with van der Waals surface area (Å²) < 4.78 is 0. The van der Waals surface area contributed by atoms with E-state index in [1.807, 2.05) is 12.1 Å². The van der Waals surface area contributed by atoms with Crippen LogP contribution < -0.4 is 0 Å². The van der Waals surface area contributed by atoms with Crippen LogP contribution in [0.3, 0.4) is 0 Å². The van der Waals surface area contributed by atoms with Gasteiger partial charge in [-0.05, 0) is 31.2 Å². The number of hydrogen-bond donors (Lipinski definition) is 0. The lowest BCUT2D eigenvalue weighted by atomic mass is 10.1. The van der Waals surface area contributed by atoms with Gasteiger partial charge in [0.15, 0.2) is 0 Å². The first-order chi connectivity index (χ1) is 8.15. The summed E-state index contributed by atoms with van der Waals surface area (Å²) in [4.78, 5) is 4.87. The molecule has 0 saturated carbocycles. The Morgan fingerprint density at radius 3 is 2.21 bits per heavy atom. The molecule has 0 amide bonds. The minimum atomic E-state index is 0. The van der Waals surface area contributed by atoms with Gasteiger partial charge in [-0.15, -0.1) is 24.8 Å². The van der Waals surface area contributed by atoms with E-state index < -0.39 is 0 Å². The van der Waals surface area contributed by atoms with Crippen molar-refractivity contribution in [2.45, 2.75) is 6.42 Å². The molecule has 0 atom stereocenters. The van der Waals surface area contributed by atoms with E-state index in [1.165, 1.54) is 18.7 Å². The van der Waals surface area contributed by atoms with E-state index in [-0.39, 0.29) is 24.8 Å². The Morgan fingerprint density at radius 1 is 1.00 bits per heavy atom. The largest absolute Gasteiger partial charge is 0.304 e. The minimum Gasteiger partial charge on any atom is -0.304 e. The maximum absolute atomic E-state index is 6.00. The van der Waals surface area contributed by atoms with Crippen molar-refractivity contribution in [3.05, 3.63) is 33.8 Å². The molecule has 2 rings (SSSR count). The van der Waals surface area contributed by atoms with E-state index >= 15 is 0 Å². The highest BCUT2D eigenvalue weighted by molar-refractivity contribution is 6.42. The second-order valence-electron chi connectivity index (χ2n) is 4.64. The number of piperazine rings is 1. The molecule has 6 heteroatoms. The zero-order valence-electron chi connectivity index (χ0n) is 10.9. The minimum absolute atomic E-state index is 0. The van der Waals surface area contributed by atoms with Crippen LogP contribution in [0.4, 0.5) is 0 Å². The summed E-state index contributed by atoms with van der Waals surface area (Å²) in [7, 11) is 2.18. The molecular formula is C13H20Cl4N2. The van der Waals surface area contributed by atoms with Gasteiger partial charge in [-0.2, -0.15) is 0 Å². The topological polar surface area (TPSA) is 6.48 Å². The van der Waals surface area contributed by atoms with E-state index in [2.05, 4.69) is 22.9 Å². The molecule has 2 nitrogen and oxygen atoms in total. The average molecular weight is 346 g/mol. The summed E-state index contributed by atoms with van der Waals surface area (Å²) in [5.74, 6) is 0. The molecule has 1 aliphatic rings. The van der Waals surface area contributed by atoms with Crippen molar-refractivity contribution in [2.75, 3.05) is 39.8 Å². The monoisotopic (exact) mass is 344 g/mol. The first-order valence-electron chi connectivity index (χ1n) is 6.00. The Morgan fingerprint density at radius 2 is 1.63 bits per heavy atom. The van der Waals surface area contributed by atoms with Crippen LogP contribution in [-0.4, -0.2) is 49.6 Å². The van der Waals surface area contributed by atoms with Gasteiger partial charge < -0.3 is 9.80 Å². The van der Waals surface area contributed by atoms with Gasteiger partial charge in [-0.1, -0.05) is 29.3 Å². The molecule has 0 aliphatic carbocycles. The van der Waals surface area contributed by atoms with Crippen molar-refractivity contribution >= 4 is 48.0 Å². The van der Waals surface area contributed by atoms with Crippen molar-refractivity contribution < 1.29 is 0 Å². The Kier molecular flexibility index (Phi) is 9.42. The smallest absolute Gasteiger partial charge is 0.0595 e. The quantitative estimate of drug-likeness (QED) is 0.825. The fraction of sp³-hybridized carbons (Fsp3) is 0.538. The lowest BCUT2D eigenvalue weighted by molar-refractivity contribution is 0.155. The zero-order chi connectivity index (χ0) is 12.3. The van der Waals surface area contributed by atoms with Gasteiger partial charge in [-0.25, -0.2) is 0 Å². The number of halogens is 4. The molecule has 19 heavy (non-hydrogen) atoms. The molecular weight excluding hydrogens is 326 g/mol. The lowest BCUT2D eigenvalue weighted by Crippen LogP contribution is -2.45. The van der Waals surface area contributed by atoms with E-state index in [0.29, 0.717) is 10.0 Å². The Bertz CT molecular complexity index is 379. The average Bonchev–Trinajstić information content (AvgIpc) is 2.33. The fourth-order valence-electron chi connectivity index (χ4n) is 2.05. The third-order valence-corrected chi connectivity index (χ3v) is 4.04. The zero-order valence-corrected chi connectivity index (χ0v) is 14.1. The van der Waals surface area contributed by atoms with Gasteiger partial charge >= 0.3 is 0 Å². The Hall–Kier alpha value is 0.300. The van der Waals surface area contributed by atoms with Gasteiger partial charge in [0, 0.05) is 32.7 Å². The molecule has 1 aromatic carbocycles. The van der Waals surface area contributed by atoms with Crippen molar-refractivity contribution in [3.8, 4) is 0 Å². The first kappa shape index (κ1) is 19.3. The molecule has 1 aromatic rings. The van der Waals surface area contributed by atoms with E-state index in [9.17, 15) is 0 Å². The molecule has 0 aromatic heterocycles. The SMILES string of the molecule is CN1CCN(CCc2ccc(Cl)c(Cl)c2)CC1.Cl.Cl. The molecule has 1 aliphatic heterocycles. The molecule has 0 bridgehead atoms. The van der Waals surface area contributed by atoms with E-state index in [1.54, 1.807) is 0 Å². The summed E-state index contributed by atoms with van der Waals surface area (Å²) in [6, 6.07) is 5.91. The summed E-state index contributed by atoms with van der Waals surface area (Å²) in [6.07, 6.45) is 1.04. The molecule has 0 N–H and O–H groups in total. The Balaban J connectivity index is 0.00000162. The molecule has 0 radical (unpaired) electrons. The number of benzene rings is 1. The highest BCUT2D eigenvalue weighted by Gasteiger charge is 2.13. The fourth-order valence-corrected chi connectivity index (χ4v) is 2.37. The predicted molar refractivity (Wildman–Crippen MR) is 88.6 cm³/mol. The summed E-state index contributed by atoms with van der Waals surface area (Å²) in [6.45, 7) is 5.77. The van der Waals surface area contributed by atoms with Crippen LogP contribution >= 0.6 is 48.0 Å². The van der Waals surface area contributed by atoms with Gasteiger partial charge in [0.05, 0.1) is 10.0 Å². The van der Waals surface area contributed by atoms with Gasteiger partial charge in [0.2, 0.25) is 0 Å². The van der Waals surface area contributed by atoms with Crippen LogP contribution in [0.25, 0.3) is 0 Å². The van der Waals surface area contributed by atoms with Crippen LogP contribution in [0.5, 0.6) is 0 Å². The van der Waals surface area contributed by atoms with Crippen LogP contribution in [0, 0.1) is 0 Å². The summed E-state index contributed by atoms with van der Waals surface area (Å²) >= 11 is 11.9. The van der Waals surface area contributed by atoms with Crippen LogP contribution in [0.2, 0.25) is 10.0 Å². The first-order valence-corrected chi connectivity index (χ1v) is 6.75. The third-order valence-electron chi connectivity index (χ3n) is 3.30. The number of likely N-dealkylation sites (N-methyl/N-ethyl adjacent to an activating group) is 1. The standard InChI is InChI=1S/C13H18Cl2N2.2ClH/c1-16-6-8-17(9-7-16)5-4-11-2-3-12(14)13(15)10-11;;/h2-3,10H,4-9H2,1H3;2*1H. The molecule has 1 saturated heterocycles. The van der Waals surface area contributed by atoms with Crippen LogP contribution in [0.15, 0.2) is 18.2 Å². The summed E-state index contributed by atoms with van der Waals surface area (Å²) in [5, 5.41) is 1.29. The number of hydrogen-bond acceptors (Lipinski definition) is 2. The summed E-state index contributed by atoms with van der Waals surface area (Å²) in [5.41, 5.74) is 1.26. The van der Waals surface area contributed by atoms with E-state index in [0.717, 1.165) is 26.1 Å². The molecule has 110 valence electrons. The van der Waals surface area contributed by atoms with Crippen molar-refractivity contribution in [1.29, 1.82) is 0 Å². The van der Waals surface area contributed by atoms with Gasteiger partial charge in [-0.3, -0.25) is 0 Å². The maximum Gasteiger partial charge on any atom is 0.0595 e.